The van der Waals surface area contributed by atoms with Crippen LogP contribution in [-0.4, -0.2) is 18.1 Å². The first-order chi connectivity index (χ1) is 11.7. The fourth-order valence-electron chi connectivity index (χ4n) is 2.72. The van der Waals surface area contributed by atoms with Crippen LogP contribution in [0, 0.1) is 0 Å². The van der Waals surface area contributed by atoms with E-state index in [1.54, 1.807) is 24.3 Å². The van der Waals surface area contributed by atoms with Gasteiger partial charge < -0.3 is 10.6 Å². The van der Waals surface area contributed by atoms with Gasteiger partial charge in [-0.15, -0.1) is 0 Å². The van der Waals surface area contributed by atoms with Crippen LogP contribution >= 0.6 is 0 Å². The minimum absolute atomic E-state index is 0.139. The fourth-order valence-corrected chi connectivity index (χ4v) is 2.72. The minimum Gasteiger partial charge on any atom is -0.380 e. The summed E-state index contributed by atoms with van der Waals surface area (Å²) in [6.45, 7) is 2.75. The number of fused-ring (bicyclic) bond motifs is 1. The second kappa shape index (κ2) is 7.13. The van der Waals surface area contributed by atoms with E-state index in [9.17, 15) is 9.59 Å². The lowest BCUT2D eigenvalue weighted by molar-refractivity contribution is 0.0969. The average Bonchev–Trinajstić information content (AvgIpc) is 2.63. The highest BCUT2D eigenvalue weighted by Gasteiger charge is 2.32. The maximum Gasteiger partial charge on any atom is 0.212 e. The van der Waals surface area contributed by atoms with Gasteiger partial charge in [0.25, 0.3) is 0 Å². The number of nitrogens with one attached hydrogen (secondary N) is 2. The molecule has 2 aromatic rings. The molecule has 1 aliphatic rings. The molecule has 0 atom stereocenters. The Hall–Kier alpha value is -2.88. The van der Waals surface area contributed by atoms with Gasteiger partial charge in [-0.1, -0.05) is 55.8 Å². The third-order valence-electron chi connectivity index (χ3n) is 4.00. The van der Waals surface area contributed by atoms with E-state index in [0.717, 1.165) is 18.5 Å². The van der Waals surface area contributed by atoms with Gasteiger partial charge in [0.05, 0.1) is 0 Å². The van der Waals surface area contributed by atoms with Crippen molar-refractivity contribution in [2.75, 3.05) is 11.9 Å². The number of para-hydroxylation sites is 1. The molecule has 24 heavy (non-hydrogen) atoms. The number of hydrogen-bond acceptors (Lipinski definition) is 4. The van der Waals surface area contributed by atoms with Crippen LogP contribution in [0.1, 0.15) is 40.5 Å². The molecule has 2 aromatic carbocycles. The van der Waals surface area contributed by atoms with Crippen molar-refractivity contribution in [3.63, 3.8) is 0 Å². The number of unbranched alkanes of at least 4 members (excludes halogenated alkanes) is 1. The quantitative estimate of drug-likeness (QED) is 0.795. The standard InChI is InChI=1S/C20H20N2O2/c1-2-3-13-21-17-18(22-14-9-5-4-6-10-14)20(24)16-12-8-7-11-15(16)19(17)23/h4-12,21-22H,2-3,13H2,1H3. The second-order valence-corrected chi connectivity index (χ2v) is 5.73. The van der Waals surface area contributed by atoms with Gasteiger partial charge in [-0.05, 0) is 18.6 Å². The van der Waals surface area contributed by atoms with Crippen molar-refractivity contribution in [2.24, 2.45) is 0 Å². The molecular formula is C20H20N2O2. The van der Waals surface area contributed by atoms with Gasteiger partial charge in [0.15, 0.2) is 0 Å². The molecule has 122 valence electrons. The number of carbonyl (C=O) groups is 2. The Bertz CT molecular complexity index is 794. The topological polar surface area (TPSA) is 58.2 Å². The van der Waals surface area contributed by atoms with Gasteiger partial charge in [-0.2, -0.15) is 0 Å². The summed E-state index contributed by atoms with van der Waals surface area (Å²) in [4.78, 5) is 25.7. The highest BCUT2D eigenvalue weighted by atomic mass is 16.1. The highest BCUT2D eigenvalue weighted by molar-refractivity contribution is 6.27. The number of Topliss-reactive ketones (excluding diaryl/α,β-unsaturated/α-hetero) is 2. The number of rotatable bonds is 6. The third-order valence-corrected chi connectivity index (χ3v) is 4.00. The zero-order valence-corrected chi connectivity index (χ0v) is 13.6. The van der Waals surface area contributed by atoms with Crippen LogP contribution in [-0.2, 0) is 0 Å². The summed E-state index contributed by atoms with van der Waals surface area (Å²) in [5.41, 5.74) is 2.36. The molecule has 0 saturated heterocycles. The van der Waals surface area contributed by atoms with Crippen molar-refractivity contribution < 1.29 is 9.59 Å². The van der Waals surface area contributed by atoms with E-state index in [1.165, 1.54) is 0 Å². The second-order valence-electron chi connectivity index (χ2n) is 5.73. The largest absolute Gasteiger partial charge is 0.380 e. The van der Waals surface area contributed by atoms with Crippen LogP contribution in [0.4, 0.5) is 5.69 Å². The normalized spacial score (nSPS) is 13.7. The fraction of sp³-hybridized carbons (Fsp3) is 0.200. The lowest BCUT2D eigenvalue weighted by Crippen LogP contribution is -2.33. The zero-order chi connectivity index (χ0) is 16.9. The summed E-state index contributed by atoms with van der Waals surface area (Å²) in [5, 5.41) is 6.29. The first-order valence-corrected chi connectivity index (χ1v) is 8.21. The van der Waals surface area contributed by atoms with Crippen molar-refractivity contribution in [1.82, 2.24) is 5.32 Å². The minimum atomic E-state index is -0.159. The number of hydrogen-bond donors (Lipinski definition) is 2. The highest BCUT2D eigenvalue weighted by Crippen LogP contribution is 2.26. The van der Waals surface area contributed by atoms with Crippen LogP contribution in [0.25, 0.3) is 0 Å². The van der Waals surface area contributed by atoms with Gasteiger partial charge in [-0.25, -0.2) is 0 Å². The molecule has 0 spiro atoms. The summed E-state index contributed by atoms with van der Waals surface area (Å²) in [6, 6.07) is 16.4. The maximum atomic E-state index is 12.9. The van der Waals surface area contributed by atoms with Gasteiger partial charge >= 0.3 is 0 Å². The molecule has 0 bridgehead atoms. The zero-order valence-electron chi connectivity index (χ0n) is 13.6. The Morgan fingerprint density at radius 2 is 1.38 bits per heavy atom. The number of allylic oxidation sites excluding steroid dienone is 2. The molecule has 4 heteroatoms. The first-order valence-electron chi connectivity index (χ1n) is 8.21. The van der Waals surface area contributed by atoms with Crippen LogP contribution in [0.3, 0.4) is 0 Å². The van der Waals surface area contributed by atoms with Crippen LogP contribution in [0.5, 0.6) is 0 Å². The van der Waals surface area contributed by atoms with E-state index in [-0.39, 0.29) is 11.6 Å². The monoisotopic (exact) mass is 320 g/mol. The van der Waals surface area contributed by atoms with Gasteiger partial charge in [0.2, 0.25) is 11.6 Å². The van der Waals surface area contributed by atoms with E-state index in [1.807, 2.05) is 30.3 Å². The Morgan fingerprint density at radius 3 is 2.00 bits per heavy atom. The van der Waals surface area contributed by atoms with E-state index in [2.05, 4.69) is 17.6 Å². The predicted molar refractivity (Wildman–Crippen MR) is 95.1 cm³/mol. The van der Waals surface area contributed by atoms with Gasteiger partial charge in [-0.3, -0.25) is 9.59 Å². The number of ketones is 2. The summed E-state index contributed by atoms with van der Waals surface area (Å²) < 4.78 is 0. The Labute approximate surface area is 141 Å². The molecule has 4 nitrogen and oxygen atoms in total. The third kappa shape index (κ3) is 3.08. The molecule has 0 saturated carbocycles. The molecule has 0 fully saturated rings. The van der Waals surface area contributed by atoms with Crippen LogP contribution in [0.2, 0.25) is 0 Å². The van der Waals surface area contributed by atoms with Crippen LogP contribution in [0.15, 0.2) is 66.0 Å². The summed E-state index contributed by atoms with van der Waals surface area (Å²) >= 11 is 0. The first kappa shape index (κ1) is 16.0. The molecule has 0 aromatic heterocycles. The lowest BCUT2D eigenvalue weighted by Gasteiger charge is -2.23. The predicted octanol–water partition coefficient (Wildman–Crippen LogP) is 3.78. The molecule has 0 radical (unpaired) electrons. The molecular weight excluding hydrogens is 300 g/mol. The van der Waals surface area contributed by atoms with E-state index in [4.69, 9.17) is 0 Å². The molecule has 2 N–H and O–H groups in total. The van der Waals surface area contributed by atoms with Crippen molar-refractivity contribution in [1.29, 1.82) is 0 Å². The molecule has 1 aliphatic carbocycles. The molecule has 0 aliphatic heterocycles. The van der Waals surface area contributed by atoms with Crippen molar-refractivity contribution in [2.45, 2.75) is 19.8 Å². The Kier molecular flexibility index (Phi) is 4.75. The van der Waals surface area contributed by atoms with E-state index in [0.29, 0.717) is 29.1 Å². The lowest BCUT2D eigenvalue weighted by atomic mass is 9.90. The Morgan fingerprint density at radius 1 is 0.792 bits per heavy atom. The summed E-state index contributed by atoms with van der Waals surface area (Å²) in [6.07, 6.45) is 1.95. The smallest absolute Gasteiger partial charge is 0.212 e. The van der Waals surface area contributed by atoms with Crippen LogP contribution < -0.4 is 10.6 Å². The maximum absolute atomic E-state index is 12.9. The SMILES string of the molecule is CCCCNC1=C(Nc2ccccc2)C(=O)c2ccccc2C1=O. The van der Waals surface area contributed by atoms with Crippen molar-refractivity contribution >= 4 is 17.3 Å². The molecule has 0 heterocycles. The van der Waals surface area contributed by atoms with E-state index < -0.39 is 0 Å². The summed E-state index contributed by atoms with van der Waals surface area (Å²) in [7, 11) is 0. The van der Waals surface area contributed by atoms with E-state index >= 15 is 0 Å². The Balaban J connectivity index is 2.01. The van der Waals surface area contributed by atoms with Gasteiger partial charge in [0, 0.05) is 23.4 Å². The summed E-state index contributed by atoms with van der Waals surface area (Å²) in [5.74, 6) is -0.298. The van der Waals surface area contributed by atoms with Crippen molar-refractivity contribution in [3.8, 4) is 0 Å². The molecule has 0 unspecified atom stereocenters. The number of anilines is 1. The molecule has 0 amide bonds. The van der Waals surface area contributed by atoms with Crippen molar-refractivity contribution in [3.05, 3.63) is 77.1 Å². The molecule has 3 rings (SSSR count). The average molecular weight is 320 g/mol. The number of benzene rings is 2. The van der Waals surface area contributed by atoms with Gasteiger partial charge in [0.1, 0.15) is 11.4 Å². The number of carbonyl (C=O) groups excluding carboxylic acids is 2.